The molecule has 1 atom stereocenters. The second kappa shape index (κ2) is 4.56. The predicted molar refractivity (Wildman–Crippen MR) is 69.9 cm³/mol. The molecule has 0 aliphatic heterocycles. The van der Waals surface area contributed by atoms with Crippen molar-refractivity contribution in [1.82, 2.24) is 0 Å². The largest absolute Gasteiger partial charge is 0.362 e. The number of rotatable bonds is 3. The smallest absolute Gasteiger partial charge is 0.193 e. The number of hydrogen-bond donors (Lipinski definition) is 1. The van der Waals surface area contributed by atoms with E-state index in [9.17, 15) is 5.11 Å². The van der Waals surface area contributed by atoms with Crippen LogP contribution in [0.25, 0.3) is 0 Å². The molecule has 2 aromatic carbocycles. The fourth-order valence-electron chi connectivity index (χ4n) is 2.49. The second-order valence-electron chi connectivity index (χ2n) is 4.72. The summed E-state index contributed by atoms with van der Waals surface area (Å²) in [6.45, 7) is 0.436. The fourth-order valence-corrected chi connectivity index (χ4v) is 2.49. The molecule has 0 fully saturated rings. The molecule has 2 aromatic rings. The lowest BCUT2D eigenvalue weighted by molar-refractivity contribution is -0.218. The SMILES string of the molecule is OC1(OCc2ccccc2)CCc2ccccc21. The number of aryl methyl sites for hydroxylation is 1. The minimum absolute atomic E-state index is 0.436. The van der Waals surface area contributed by atoms with E-state index in [0.29, 0.717) is 13.0 Å². The van der Waals surface area contributed by atoms with Gasteiger partial charge in [-0.2, -0.15) is 0 Å². The average molecular weight is 240 g/mol. The van der Waals surface area contributed by atoms with Crippen LogP contribution in [0.15, 0.2) is 54.6 Å². The van der Waals surface area contributed by atoms with Crippen LogP contribution in [0, 0.1) is 0 Å². The molecule has 0 radical (unpaired) electrons. The molecule has 2 nitrogen and oxygen atoms in total. The fraction of sp³-hybridized carbons (Fsp3) is 0.250. The Labute approximate surface area is 107 Å². The number of hydrogen-bond acceptors (Lipinski definition) is 2. The van der Waals surface area contributed by atoms with Gasteiger partial charge in [-0.25, -0.2) is 0 Å². The minimum atomic E-state index is -1.12. The number of fused-ring (bicyclic) bond motifs is 1. The molecule has 0 bridgehead atoms. The van der Waals surface area contributed by atoms with Crippen LogP contribution in [0.4, 0.5) is 0 Å². The third-order valence-electron chi connectivity index (χ3n) is 3.49. The van der Waals surface area contributed by atoms with Crippen LogP contribution >= 0.6 is 0 Å². The van der Waals surface area contributed by atoms with E-state index in [0.717, 1.165) is 17.5 Å². The highest BCUT2D eigenvalue weighted by molar-refractivity contribution is 5.35. The monoisotopic (exact) mass is 240 g/mol. The van der Waals surface area contributed by atoms with Gasteiger partial charge in [-0.1, -0.05) is 54.6 Å². The van der Waals surface area contributed by atoms with Crippen molar-refractivity contribution in [1.29, 1.82) is 0 Å². The summed E-state index contributed by atoms with van der Waals surface area (Å²) in [5.74, 6) is -1.12. The highest BCUT2D eigenvalue weighted by atomic mass is 16.6. The van der Waals surface area contributed by atoms with Crippen LogP contribution in [0.5, 0.6) is 0 Å². The maximum Gasteiger partial charge on any atom is 0.193 e. The lowest BCUT2D eigenvalue weighted by Crippen LogP contribution is -2.26. The Morgan fingerprint density at radius 1 is 1.00 bits per heavy atom. The zero-order valence-corrected chi connectivity index (χ0v) is 10.2. The summed E-state index contributed by atoms with van der Waals surface area (Å²) in [6, 6.07) is 17.9. The molecule has 1 N–H and O–H groups in total. The molecular weight excluding hydrogens is 224 g/mol. The predicted octanol–water partition coefficient (Wildman–Crippen LogP) is 2.99. The highest BCUT2D eigenvalue weighted by Gasteiger charge is 2.37. The van der Waals surface area contributed by atoms with Crippen LogP contribution in [-0.2, 0) is 23.6 Å². The highest BCUT2D eigenvalue weighted by Crippen LogP contribution is 2.38. The first-order valence-corrected chi connectivity index (χ1v) is 6.27. The molecule has 0 saturated heterocycles. The van der Waals surface area contributed by atoms with Crippen LogP contribution in [0.3, 0.4) is 0 Å². The molecule has 0 spiro atoms. The Morgan fingerprint density at radius 3 is 2.56 bits per heavy atom. The third-order valence-corrected chi connectivity index (χ3v) is 3.49. The van der Waals surface area contributed by atoms with Gasteiger partial charge in [0.15, 0.2) is 5.79 Å². The van der Waals surface area contributed by atoms with Gasteiger partial charge in [-0.3, -0.25) is 0 Å². The summed E-state index contributed by atoms with van der Waals surface area (Å²) in [5, 5.41) is 10.6. The summed E-state index contributed by atoms with van der Waals surface area (Å²) in [5.41, 5.74) is 3.18. The van der Waals surface area contributed by atoms with Gasteiger partial charge < -0.3 is 9.84 Å². The minimum Gasteiger partial charge on any atom is -0.362 e. The normalized spacial score (nSPS) is 21.8. The zero-order chi connectivity index (χ0) is 12.4. The molecule has 0 amide bonds. The molecule has 2 heteroatoms. The van der Waals surface area contributed by atoms with Crippen molar-refractivity contribution in [2.45, 2.75) is 25.2 Å². The van der Waals surface area contributed by atoms with E-state index in [1.807, 2.05) is 48.5 Å². The van der Waals surface area contributed by atoms with Crippen LogP contribution in [0.2, 0.25) is 0 Å². The Hall–Kier alpha value is -1.64. The van der Waals surface area contributed by atoms with E-state index in [1.54, 1.807) is 0 Å². The van der Waals surface area contributed by atoms with Crippen molar-refractivity contribution in [2.75, 3.05) is 0 Å². The maximum absolute atomic E-state index is 10.6. The maximum atomic E-state index is 10.6. The van der Waals surface area contributed by atoms with Gasteiger partial charge >= 0.3 is 0 Å². The van der Waals surface area contributed by atoms with Crippen molar-refractivity contribution in [3.63, 3.8) is 0 Å². The first kappa shape index (κ1) is 11.5. The van der Waals surface area contributed by atoms with E-state index in [2.05, 4.69) is 6.07 Å². The molecule has 92 valence electrons. The van der Waals surface area contributed by atoms with Gasteiger partial charge in [-0.05, 0) is 17.5 Å². The summed E-state index contributed by atoms with van der Waals surface area (Å²) >= 11 is 0. The molecule has 0 saturated carbocycles. The van der Waals surface area contributed by atoms with E-state index in [-0.39, 0.29) is 0 Å². The quantitative estimate of drug-likeness (QED) is 0.836. The summed E-state index contributed by atoms with van der Waals surface area (Å²) in [7, 11) is 0. The lowest BCUT2D eigenvalue weighted by Gasteiger charge is -2.24. The first-order valence-electron chi connectivity index (χ1n) is 6.27. The zero-order valence-electron chi connectivity index (χ0n) is 10.2. The summed E-state index contributed by atoms with van der Waals surface area (Å²) in [4.78, 5) is 0. The standard InChI is InChI=1S/C16H16O2/c17-16(18-12-13-6-2-1-3-7-13)11-10-14-8-4-5-9-15(14)16/h1-9,17H,10-12H2. The van der Waals surface area contributed by atoms with E-state index >= 15 is 0 Å². The second-order valence-corrected chi connectivity index (χ2v) is 4.72. The Kier molecular flexibility index (Phi) is 2.90. The van der Waals surface area contributed by atoms with Crippen LogP contribution in [0.1, 0.15) is 23.1 Å². The van der Waals surface area contributed by atoms with Crippen LogP contribution < -0.4 is 0 Å². The van der Waals surface area contributed by atoms with Crippen molar-refractivity contribution in [3.8, 4) is 0 Å². The summed E-state index contributed by atoms with van der Waals surface area (Å²) in [6.07, 6.45) is 1.51. The molecule has 1 unspecified atom stereocenters. The van der Waals surface area contributed by atoms with Gasteiger partial charge in [0.25, 0.3) is 0 Å². The van der Waals surface area contributed by atoms with Gasteiger partial charge in [0, 0.05) is 12.0 Å². The molecule has 18 heavy (non-hydrogen) atoms. The lowest BCUT2D eigenvalue weighted by atomic mass is 10.1. The summed E-state index contributed by atoms with van der Waals surface area (Å²) < 4.78 is 5.76. The average Bonchev–Trinajstić information content (AvgIpc) is 2.77. The van der Waals surface area contributed by atoms with E-state index in [4.69, 9.17) is 4.74 Å². The topological polar surface area (TPSA) is 29.5 Å². The van der Waals surface area contributed by atoms with Gasteiger partial charge in [0.2, 0.25) is 0 Å². The molecule has 1 aliphatic rings. The number of aliphatic hydroxyl groups is 1. The van der Waals surface area contributed by atoms with Gasteiger partial charge in [0.05, 0.1) is 6.61 Å². The molecule has 3 rings (SSSR count). The van der Waals surface area contributed by atoms with Crippen molar-refractivity contribution in [3.05, 3.63) is 71.3 Å². The van der Waals surface area contributed by atoms with Gasteiger partial charge in [-0.15, -0.1) is 0 Å². The first-order chi connectivity index (χ1) is 8.78. The van der Waals surface area contributed by atoms with Crippen molar-refractivity contribution in [2.24, 2.45) is 0 Å². The van der Waals surface area contributed by atoms with Gasteiger partial charge in [0.1, 0.15) is 0 Å². The molecular formula is C16H16O2. The Bertz CT molecular complexity index is 536. The van der Waals surface area contributed by atoms with E-state index < -0.39 is 5.79 Å². The number of benzene rings is 2. The molecule has 1 aliphatic carbocycles. The van der Waals surface area contributed by atoms with Crippen LogP contribution in [-0.4, -0.2) is 5.11 Å². The Morgan fingerprint density at radius 2 is 1.72 bits per heavy atom. The third kappa shape index (κ3) is 2.05. The Balaban J connectivity index is 1.77. The van der Waals surface area contributed by atoms with E-state index in [1.165, 1.54) is 5.56 Å². The van der Waals surface area contributed by atoms with Crippen molar-refractivity contribution >= 4 is 0 Å². The molecule has 0 heterocycles. The number of ether oxygens (including phenoxy) is 1. The van der Waals surface area contributed by atoms with Crippen molar-refractivity contribution < 1.29 is 9.84 Å². The molecule has 0 aromatic heterocycles.